The monoisotopic (exact) mass is 320 g/mol. The van der Waals surface area contributed by atoms with Gasteiger partial charge in [0.05, 0.1) is 19.3 Å². The minimum Gasteiger partial charge on any atom is -0.497 e. The van der Waals surface area contributed by atoms with Crippen molar-refractivity contribution in [3.63, 3.8) is 0 Å². The van der Waals surface area contributed by atoms with Gasteiger partial charge in [-0.1, -0.05) is 6.92 Å². The number of benzene rings is 1. The first kappa shape index (κ1) is 17.6. The van der Waals surface area contributed by atoms with Gasteiger partial charge in [0.2, 0.25) is 0 Å². The Kier molecular flexibility index (Phi) is 6.28. The van der Waals surface area contributed by atoms with E-state index in [4.69, 9.17) is 9.47 Å². The van der Waals surface area contributed by atoms with Crippen molar-refractivity contribution in [2.45, 2.75) is 32.2 Å². The van der Waals surface area contributed by atoms with Crippen molar-refractivity contribution < 1.29 is 14.3 Å². The summed E-state index contributed by atoms with van der Waals surface area (Å²) in [6.07, 6.45) is 3.07. The van der Waals surface area contributed by atoms with E-state index in [1.54, 1.807) is 19.2 Å². The van der Waals surface area contributed by atoms with Gasteiger partial charge in [-0.15, -0.1) is 0 Å². The van der Waals surface area contributed by atoms with E-state index in [-0.39, 0.29) is 11.9 Å². The zero-order chi connectivity index (χ0) is 16.8. The van der Waals surface area contributed by atoms with E-state index in [0.29, 0.717) is 23.7 Å². The first-order chi connectivity index (χ1) is 11.1. The molecule has 128 valence electrons. The summed E-state index contributed by atoms with van der Waals surface area (Å²) < 4.78 is 11.0. The summed E-state index contributed by atoms with van der Waals surface area (Å²) >= 11 is 0. The van der Waals surface area contributed by atoms with E-state index in [2.05, 4.69) is 11.9 Å². The van der Waals surface area contributed by atoms with E-state index in [9.17, 15) is 4.79 Å². The molecule has 1 aromatic carbocycles. The summed E-state index contributed by atoms with van der Waals surface area (Å²) in [5.41, 5.74) is 0.606. The van der Waals surface area contributed by atoms with Crippen molar-refractivity contribution in [1.82, 2.24) is 9.80 Å². The zero-order valence-corrected chi connectivity index (χ0v) is 14.7. The summed E-state index contributed by atoms with van der Waals surface area (Å²) in [4.78, 5) is 17.1. The SMILES string of the molecule is CCCOc1cc(OC)ccc1C(=O)N(C)[C@@H]1CCCN(C)C1. The maximum absolute atomic E-state index is 12.9. The van der Waals surface area contributed by atoms with Gasteiger partial charge >= 0.3 is 0 Å². The third-order valence-electron chi connectivity index (χ3n) is 4.35. The van der Waals surface area contributed by atoms with Crippen molar-refractivity contribution >= 4 is 5.91 Å². The van der Waals surface area contributed by atoms with Crippen LogP contribution in [-0.4, -0.2) is 62.7 Å². The number of likely N-dealkylation sites (tertiary alicyclic amines) is 1. The molecule has 0 saturated carbocycles. The molecular formula is C18H28N2O3. The number of carbonyl (C=O) groups is 1. The molecule has 0 radical (unpaired) electrons. The number of hydrogen-bond acceptors (Lipinski definition) is 4. The molecule has 1 fully saturated rings. The predicted molar refractivity (Wildman–Crippen MR) is 91.4 cm³/mol. The molecule has 0 bridgehead atoms. The Morgan fingerprint density at radius 1 is 1.43 bits per heavy atom. The van der Waals surface area contributed by atoms with Crippen LogP contribution in [0.5, 0.6) is 11.5 Å². The van der Waals surface area contributed by atoms with E-state index in [0.717, 1.165) is 32.4 Å². The van der Waals surface area contributed by atoms with Gasteiger partial charge < -0.3 is 19.3 Å². The lowest BCUT2D eigenvalue weighted by atomic mass is 10.0. The Balaban J connectivity index is 2.19. The largest absolute Gasteiger partial charge is 0.497 e. The van der Waals surface area contributed by atoms with Crippen molar-refractivity contribution in [3.8, 4) is 11.5 Å². The summed E-state index contributed by atoms with van der Waals surface area (Å²) in [5.74, 6) is 1.32. The number of hydrogen-bond donors (Lipinski definition) is 0. The highest BCUT2D eigenvalue weighted by molar-refractivity contribution is 5.97. The van der Waals surface area contributed by atoms with E-state index in [1.165, 1.54) is 0 Å². The van der Waals surface area contributed by atoms with Crippen LogP contribution in [0.15, 0.2) is 18.2 Å². The Labute approximate surface area is 139 Å². The van der Waals surface area contributed by atoms with Gasteiger partial charge in [-0.2, -0.15) is 0 Å². The summed E-state index contributed by atoms with van der Waals surface area (Å²) in [6, 6.07) is 5.66. The molecule has 1 amide bonds. The van der Waals surface area contributed by atoms with Gasteiger partial charge in [0.1, 0.15) is 11.5 Å². The second-order valence-corrected chi connectivity index (χ2v) is 6.18. The van der Waals surface area contributed by atoms with Crippen molar-refractivity contribution in [2.75, 3.05) is 40.9 Å². The molecule has 0 unspecified atom stereocenters. The Hall–Kier alpha value is -1.75. The summed E-state index contributed by atoms with van der Waals surface area (Å²) in [5, 5.41) is 0. The topological polar surface area (TPSA) is 42.0 Å². The highest BCUT2D eigenvalue weighted by Gasteiger charge is 2.27. The number of nitrogens with zero attached hydrogens (tertiary/aromatic N) is 2. The molecule has 0 spiro atoms. The molecule has 0 N–H and O–H groups in total. The van der Waals surface area contributed by atoms with E-state index < -0.39 is 0 Å². The molecule has 1 heterocycles. The van der Waals surface area contributed by atoms with Gasteiger partial charge in [0, 0.05) is 25.7 Å². The lowest BCUT2D eigenvalue weighted by Crippen LogP contribution is -2.47. The molecule has 1 aliphatic heterocycles. The first-order valence-electron chi connectivity index (χ1n) is 8.33. The number of rotatable bonds is 6. The van der Waals surface area contributed by atoms with Gasteiger partial charge in [-0.25, -0.2) is 0 Å². The van der Waals surface area contributed by atoms with Crippen LogP contribution < -0.4 is 9.47 Å². The Bertz CT molecular complexity index is 533. The summed E-state index contributed by atoms with van der Waals surface area (Å²) in [7, 11) is 5.61. The molecule has 0 aromatic heterocycles. The molecule has 5 nitrogen and oxygen atoms in total. The fraction of sp³-hybridized carbons (Fsp3) is 0.611. The fourth-order valence-corrected chi connectivity index (χ4v) is 2.95. The average molecular weight is 320 g/mol. The van der Waals surface area contributed by atoms with Crippen LogP contribution in [0.25, 0.3) is 0 Å². The van der Waals surface area contributed by atoms with Gasteiger partial charge in [0.15, 0.2) is 0 Å². The fourth-order valence-electron chi connectivity index (χ4n) is 2.95. The zero-order valence-electron chi connectivity index (χ0n) is 14.7. The minimum absolute atomic E-state index is 0.0130. The molecule has 2 rings (SSSR count). The quantitative estimate of drug-likeness (QED) is 0.808. The van der Waals surface area contributed by atoms with Crippen molar-refractivity contribution in [3.05, 3.63) is 23.8 Å². The van der Waals surface area contributed by atoms with Crippen LogP contribution in [0.2, 0.25) is 0 Å². The Morgan fingerprint density at radius 3 is 2.87 bits per heavy atom. The number of methoxy groups -OCH3 is 1. The third kappa shape index (κ3) is 4.38. The van der Waals surface area contributed by atoms with Gasteiger partial charge in [-0.3, -0.25) is 4.79 Å². The predicted octanol–water partition coefficient (Wildman–Crippen LogP) is 2.65. The third-order valence-corrected chi connectivity index (χ3v) is 4.35. The molecule has 5 heteroatoms. The molecule has 23 heavy (non-hydrogen) atoms. The van der Waals surface area contributed by atoms with Crippen molar-refractivity contribution in [1.29, 1.82) is 0 Å². The molecule has 1 aromatic rings. The van der Waals surface area contributed by atoms with Crippen LogP contribution >= 0.6 is 0 Å². The average Bonchev–Trinajstić information content (AvgIpc) is 2.58. The number of ether oxygens (including phenoxy) is 2. The van der Waals surface area contributed by atoms with Crippen LogP contribution in [0.1, 0.15) is 36.5 Å². The lowest BCUT2D eigenvalue weighted by Gasteiger charge is -2.36. The highest BCUT2D eigenvalue weighted by Crippen LogP contribution is 2.27. The molecule has 1 atom stereocenters. The summed E-state index contributed by atoms with van der Waals surface area (Å²) in [6.45, 7) is 4.66. The maximum Gasteiger partial charge on any atom is 0.257 e. The van der Waals surface area contributed by atoms with Gasteiger partial charge in [-0.05, 0) is 45.0 Å². The highest BCUT2D eigenvalue weighted by atomic mass is 16.5. The second kappa shape index (κ2) is 8.20. The molecule has 0 aliphatic carbocycles. The van der Waals surface area contributed by atoms with Crippen LogP contribution in [-0.2, 0) is 0 Å². The minimum atomic E-state index is 0.0130. The number of piperidine rings is 1. The molecular weight excluding hydrogens is 292 g/mol. The molecule has 1 saturated heterocycles. The van der Waals surface area contributed by atoms with Crippen molar-refractivity contribution in [2.24, 2.45) is 0 Å². The standard InChI is InChI=1S/C18H28N2O3/c1-5-11-23-17-12-15(22-4)8-9-16(17)18(21)20(3)14-7-6-10-19(2)13-14/h8-9,12,14H,5-7,10-11,13H2,1-4H3/t14-/m1/s1. The first-order valence-corrected chi connectivity index (χ1v) is 8.33. The van der Waals surface area contributed by atoms with Crippen LogP contribution in [0, 0.1) is 0 Å². The van der Waals surface area contributed by atoms with Gasteiger partial charge in [0.25, 0.3) is 5.91 Å². The van der Waals surface area contributed by atoms with Crippen LogP contribution in [0.4, 0.5) is 0 Å². The molecule has 1 aliphatic rings. The maximum atomic E-state index is 12.9. The Morgan fingerprint density at radius 2 is 2.22 bits per heavy atom. The van der Waals surface area contributed by atoms with Crippen LogP contribution in [0.3, 0.4) is 0 Å². The van der Waals surface area contributed by atoms with E-state index >= 15 is 0 Å². The lowest BCUT2D eigenvalue weighted by molar-refractivity contribution is 0.0640. The smallest absolute Gasteiger partial charge is 0.257 e. The van der Waals surface area contributed by atoms with E-state index in [1.807, 2.05) is 24.9 Å². The normalized spacial score (nSPS) is 18.5. The second-order valence-electron chi connectivity index (χ2n) is 6.18. The number of carbonyl (C=O) groups excluding carboxylic acids is 1. The number of likely N-dealkylation sites (N-methyl/N-ethyl adjacent to an activating group) is 2. The number of amides is 1.